The Balaban J connectivity index is 2.01. The van der Waals surface area contributed by atoms with Crippen LogP contribution in [0, 0.1) is 0 Å². The van der Waals surface area contributed by atoms with Crippen molar-refractivity contribution in [1.29, 1.82) is 0 Å². The average Bonchev–Trinajstić information content (AvgIpc) is 2.95. The molecule has 1 fully saturated rings. The van der Waals surface area contributed by atoms with Crippen LogP contribution in [-0.4, -0.2) is 34.6 Å². The summed E-state index contributed by atoms with van der Waals surface area (Å²) in [6.45, 7) is 2.27. The maximum Gasteiger partial charge on any atom is 0.227 e. The molecule has 0 bridgehead atoms. The molecule has 0 radical (unpaired) electrons. The Kier molecular flexibility index (Phi) is 2.94. The van der Waals surface area contributed by atoms with Crippen LogP contribution in [0.1, 0.15) is 5.01 Å². The maximum atomic E-state index is 6.53. The number of aromatic nitrogens is 3. The number of piperazine rings is 1. The zero-order chi connectivity index (χ0) is 12.4. The van der Waals surface area contributed by atoms with Gasteiger partial charge >= 0.3 is 0 Å². The molecular formula is C11H14N6S. The van der Waals surface area contributed by atoms with Crippen LogP contribution in [0.15, 0.2) is 30.0 Å². The van der Waals surface area contributed by atoms with Gasteiger partial charge in [0.25, 0.3) is 0 Å². The summed E-state index contributed by atoms with van der Waals surface area (Å²) >= 11 is 1.55. The van der Waals surface area contributed by atoms with Crippen molar-refractivity contribution in [2.75, 3.05) is 24.5 Å². The zero-order valence-electron chi connectivity index (χ0n) is 9.78. The Labute approximate surface area is 109 Å². The quantitative estimate of drug-likeness (QED) is 0.802. The highest BCUT2D eigenvalue weighted by molar-refractivity contribution is 7.09. The molecule has 1 saturated heterocycles. The molecule has 18 heavy (non-hydrogen) atoms. The van der Waals surface area contributed by atoms with Crippen LogP contribution < -0.4 is 16.0 Å². The van der Waals surface area contributed by atoms with Gasteiger partial charge in [0.1, 0.15) is 5.01 Å². The highest BCUT2D eigenvalue weighted by atomic mass is 32.1. The van der Waals surface area contributed by atoms with Crippen molar-refractivity contribution in [3.8, 4) is 0 Å². The van der Waals surface area contributed by atoms with Gasteiger partial charge in [-0.15, -0.1) is 11.3 Å². The van der Waals surface area contributed by atoms with Crippen LogP contribution in [0.4, 0.5) is 5.95 Å². The van der Waals surface area contributed by atoms with Crippen LogP contribution >= 0.6 is 11.3 Å². The predicted molar refractivity (Wildman–Crippen MR) is 70.2 cm³/mol. The number of thiazole rings is 1. The van der Waals surface area contributed by atoms with Crippen molar-refractivity contribution in [2.45, 2.75) is 5.66 Å². The van der Waals surface area contributed by atoms with Crippen molar-refractivity contribution in [1.82, 2.24) is 20.3 Å². The molecule has 6 nitrogen and oxygen atoms in total. The van der Waals surface area contributed by atoms with Gasteiger partial charge in [-0.1, -0.05) is 0 Å². The number of anilines is 1. The molecule has 7 heteroatoms. The van der Waals surface area contributed by atoms with E-state index in [0.29, 0.717) is 12.5 Å². The van der Waals surface area contributed by atoms with E-state index in [1.807, 2.05) is 10.3 Å². The Morgan fingerprint density at radius 3 is 2.83 bits per heavy atom. The Morgan fingerprint density at radius 1 is 1.28 bits per heavy atom. The number of nitrogens with zero attached hydrogens (tertiary/aromatic N) is 4. The Bertz CT molecular complexity index is 502. The molecule has 2 aromatic heterocycles. The molecule has 2 aromatic rings. The molecule has 1 atom stereocenters. The summed E-state index contributed by atoms with van der Waals surface area (Å²) in [5.74, 6) is 0.650. The van der Waals surface area contributed by atoms with Gasteiger partial charge in [-0.3, -0.25) is 0 Å². The predicted octanol–water partition coefficient (Wildman–Crippen LogP) is 0.154. The van der Waals surface area contributed by atoms with Gasteiger partial charge in [-0.05, 0) is 6.07 Å². The molecule has 3 rings (SSSR count). The average molecular weight is 262 g/mol. The third kappa shape index (κ3) is 1.86. The maximum absolute atomic E-state index is 6.53. The van der Waals surface area contributed by atoms with Crippen molar-refractivity contribution < 1.29 is 0 Å². The van der Waals surface area contributed by atoms with Gasteiger partial charge in [0.2, 0.25) is 5.95 Å². The van der Waals surface area contributed by atoms with Crippen molar-refractivity contribution in [3.63, 3.8) is 0 Å². The monoisotopic (exact) mass is 262 g/mol. The van der Waals surface area contributed by atoms with E-state index in [1.165, 1.54) is 0 Å². The van der Waals surface area contributed by atoms with Crippen molar-refractivity contribution in [2.24, 2.45) is 5.73 Å². The summed E-state index contributed by atoms with van der Waals surface area (Å²) in [4.78, 5) is 14.9. The van der Waals surface area contributed by atoms with E-state index in [0.717, 1.165) is 18.1 Å². The molecular weight excluding hydrogens is 248 g/mol. The SMILES string of the molecule is NC1(c2nccs2)CNCCN1c1ncccn1. The van der Waals surface area contributed by atoms with E-state index in [1.54, 1.807) is 36.0 Å². The second-order valence-electron chi connectivity index (χ2n) is 4.14. The van der Waals surface area contributed by atoms with Crippen LogP contribution in [0.2, 0.25) is 0 Å². The van der Waals surface area contributed by atoms with Gasteiger partial charge in [-0.2, -0.15) is 0 Å². The number of rotatable bonds is 2. The first kappa shape index (κ1) is 11.5. The molecule has 1 unspecified atom stereocenters. The lowest BCUT2D eigenvalue weighted by molar-refractivity contribution is 0.336. The largest absolute Gasteiger partial charge is 0.314 e. The molecule has 1 aliphatic heterocycles. The van der Waals surface area contributed by atoms with E-state index >= 15 is 0 Å². The fraction of sp³-hybridized carbons (Fsp3) is 0.364. The summed E-state index contributed by atoms with van der Waals surface area (Å²) < 4.78 is 0. The number of nitrogens with two attached hydrogens (primary N) is 1. The first-order chi connectivity index (χ1) is 8.81. The van der Waals surface area contributed by atoms with Crippen LogP contribution in [-0.2, 0) is 5.66 Å². The number of hydrogen-bond acceptors (Lipinski definition) is 7. The van der Waals surface area contributed by atoms with Gasteiger partial charge in [0, 0.05) is 43.6 Å². The summed E-state index contributed by atoms with van der Waals surface area (Å²) in [6.07, 6.45) is 5.23. The highest BCUT2D eigenvalue weighted by Gasteiger charge is 2.40. The Hall–Kier alpha value is -1.57. The second-order valence-corrected chi connectivity index (χ2v) is 5.03. The first-order valence-corrected chi connectivity index (χ1v) is 6.63. The fourth-order valence-electron chi connectivity index (χ4n) is 2.10. The van der Waals surface area contributed by atoms with Gasteiger partial charge < -0.3 is 16.0 Å². The van der Waals surface area contributed by atoms with Crippen LogP contribution in [0.25, 0.3) is 0 Å². The number of nitrogens with one attached hydrogen (secondary N) is 1. The lowest BCUT2D eigenvalue weighted by atomic mass is 10.1. The zero-order valence-corrected chi connectivity index (χ0v) is 10.6. The fourth-order valence-corrected chi connectivity index (χ4v) is 2.86. The van der Waals surface area contributed by atoms with Gasteiger partial charge in [0.15, 0.2) is 5.66 Å². The Morgan fingerprint density at radius 2 is 2.11 bits per heavy atom. The molecule has 0 amide bonds. The highest BCUT2D eigenvalue weighted by Crippen LogP contribution is 2.28. The lowest BCUT2D eigenvalue weighted by Crippen LogP contribution is -2.65. The van der Waals surface area contributed by atoms with Gasteiger partial charge in [0.05, 0.1) is 0 Å². The minimum atomic E-state index is -0.673. The topological polar surface area (TPSA) is 80.0 Å². The summed E-state index contributed by atoms with van der Waals surface area (Å²) in [5, 5.41) is 6.12. The minimum absolute atomic E-state index is 0.638. The van der Waals surface area contributed by atoms with Crippen LogP contribution in [0.3, 0.4) is 0 Å². The van der Waals surface area contributed by atoms with E-state index in [4.69, 9.17) is 5.73 Å². The molecule has 3 heterocycles. The molecule has 0 aliphatic carbocycles. The minimum Gasteiger partial charge on any atom is -0.314 e. The van der Waals surface area contributed by atoms with E-state index in [2.05, 4.69) is 20.3 Å². The smallest absolute Gasteiger partial charge is 0.227 e. The molecule has 0 saturated carbocycles. The third-order valence-corrected chi connectivity index (χ3v) is 3.92. The molecule has 1 aliphatic rings. The third-order valence-electron chi connectivity index (χ3n) is 2.98. The standard InChI is InChI=1S/C11H14N6S/c12-11(9-14-5-7-18-9)8-13-4-6-17(11)10-15-2-1-3-16-10/h1-3,5,7,13H,4,6,8,12H2. The van der Waals surface area contributed by atoms with Crippen molar-refractivity contribution in [3.05, 3.63) is 35.0 Å². The lowest BCUT2D eigenvalue weighted by Gasteiger charge is -2.43. The molecule has 3 N–H and O–H groups in total. The summed E-state index contributed by atoms with van der Waals surface area (Å²) in [6, 6.07) is 1.80. The normalized spacial score (nSPS) is 24.2. The van der Waals surface area contributed by atoms with E-state index < -0.39 is 5.66 Å². The molecule has 0 spiro atoms. The van der Waals surface area contributed by atoms with Crippen molar-refractivity contribution >= 4 is 17.3 Å². The summed E-state index contributed by atoms with van der Waals surface area (Å²) in [7, 11) is 0. The van der Waals surface area contributed by atoms with E-state index in [-0.39, 0.29) is 0 Å². The first-order valence-electron chi connectivity index (χ1n) is 5.75. The van der Waals surface area contributed by atoms with Gasteiger partial charge in [-0.25, -0.2) is 15.0 Å². The second kappa shape index (κ2) is 4.60. The molecule has 94 valence electrons. The summed E-state index contributed by atoms with van der Waals surface area (Å²) in [5.41, 5.74) is 5.86. The molecule has 0 aromatic carbocycles. The van der Waals surface area contributed by atoms with Crippen LogP contribution in [0.5, 0.6) is 0 Å². The van der Waals surface area contributed by atoms with E-state index in [9.17, 15) is 0 Å². The number of hydrogen-bond donors (Lipinski definition) is 2.